The van der Waals surface area contributed by atoms with Crippen molar-refractivity contribution in [3.05, 3.63) is 34.3 Å². The molecule has 0 bridgehead atoms. The van der Waals surface area contributed by atoms with E-state index in [-0.39, 0.29) is 18.0 Å². The van der Waals surface area contributed by atoms with Crippen molar-refractivity contribution in [1.29, 1.82) is 0 Å². The molecular formula is C14H21BrN2O. The van der Waals surface area contributed by atoms with Gasteiger partial charge in [0.05, 0.1) is 6.54 Å². The summed E-state index contributed by atoms with van der Waals surface area (Å²) in [6, 6.07) is 8.53. The van der Waals surface area contributed by atoms with Crippen LogP contribution in [0.2, 0.25) is 0 Å². The summed E-state index contributed by atoms with van der Waals surface area (Å²) < 4.78 is 1.06. The fraction of sp³-hybridized carbons (Fsp3) is 0.500. The molecule has 18 heavy (non-hydrogen) atoms. The summed E-state index contributed by atoms with van der Waals surface area (Å²) in [7, 11) is 1.83. The number of carbonyl (C=O) groups excluding carboxylic acids is 1. The quantitative estimate of drug-likeness (QED) is 0.906. The lowest BCUT2D eigenvalue weighted by atomic mass is 10.1. The van der Waals surface area contributed by atoms with Gasteiger partial charge in [0.2, 0.25) is 5.91 Å². The summed E-state index contributed by atoms with van der Waals surface area (Å²) in [4.78, 5) is 13.6. The lowest BCUT2D eigenvalue weighted by molar-refractivity contribution is -0.130. The third-order valence-corrected chi connectivity index (χ3v) is 3.63. The van der Waals surface area contributed by atoms with E-state index >= 15 is 0 Å². The Bertz CT molecular complexity index is 389. The van der Waals surface area contributed by atoms with Crippen LogP contribution in [-0.4, -0.2) is 30.4 Å². The molecule has 1 rings (SSSR count). The summed E-state index contributed by atoms with van der Waals surface area (Å²) >= 11 is 3.41. The number of hydrogen-bond donors (Lipinski definition) is 1. The lowest BCUT2D eigenvalue weighted by Gasteiger charge is -2.23. The van der Waals surface area contributed by atoms with Crippen molar-refractivity contribution in [3.63, 3.8) is 0 Å². The number of nitrogens with zero attached hydrogens (tertiary/aromatic N) is 1. The standard InChI is InChI=1S/C14H21BrN2O/c1-10(2)17(4)14(18)9-16-11(3)12-5-7-13(15)8-6-12/h5-8,10-11,16H,9H2,1-4H3/t11-/m1/s1. The Kier molecular flexibility index (Phi) is 5.82. The molecule has 0 saturated heterocycles. The van der Waals surface area contributed by atoms with Crippen molar-refractivity contribution in [2.45, 2.75) is 32.9 Å². The Labute approximate surface area is 118 Å². The van der Waals surface area contributed by atoms with E-state index in [1.807, 2.05) is 33.0 Å². The highest BCUT2D eigenvalue weighted by Gasteiger charge is 2.13. The average Bonchev–Trinajstić information content (AvgIpc) is 2.35. The molecule has 0 heterocycles. The SMILES string of the molecule is CC(C)N(C)C(=O)CN[C@H](C)c1ccc(Br)cc1. The minimum Gasteiger partial charge on any atom is -0.342 e. The van der Waals surface area contributed by atoms with Gasteiger partial charge in [0.1, 0.15) is 0 Å². The van der Waals surface area contributed by atoms with Crippen LogP contribution in [0.1, 0.15) is 32.4 Å². The fourth-order valence-electron chi connectivity index (χ4n) is 1.52. The van der Waals surface area contributed by atoms with E-state index in [9.17, 15) is 4.79 Å². The van der Waals surface area contributed by atoms with E-state index in [1.165, 1.54) is 5.56 Å². The molecule has 0 aliphatic heterocycles. The van der Waals surface area contributed by atoms with Crippen LogP contribution in [-0.2, 0) is 4.79 Å². The summed E-state index contributed by atoms with van der Waals surface area (Å²) in [6.45, 7) is 6.45. The second kappa shape index (κ2) is 6.90. The van der Waals surface area contributed by atoms with Gasteiger partial charge in [-0.05, 0) is 38.5 Å². The molecule has 100 valence electrons. The van der Waals surface area contributed by atoms with Gasteiger partial charge in [-0.15, -0.1) is 0 Å². The molecule has 0 aromatic heterocycles. The first-order chi connectivity index (χ1) is 8.41. The zero-order valence-electron chi connectivity index (χ0n) is 11.4. The van der Waals surface area contributed by atoms with Gasteiger partial charge in [-0.3, -0.25) is 4.79 Å². The molecular weight excluding hydrogens is 292 g/mol. The maximum atomic E-state index is 11.8. The Hall–Kier alpha value is -0.870. The van der Waals surface area contributed by atoms with Crippen LogP contribution in [0.3, 0.4) is 0 Å². The largest absolute Gasteiger partial charge is 0.342 e. The number of amides is 1. The van der Waals surface area contributed by atoms with Gasteiger partial charge in [-0.25, -0.2) is 0 Å². The van der Waals surface area contributed by atoms with Gasteiger partial charge in [-0.1, -0.05) is 28.1 Å². The maximum absolute atomic E-state index is 11.8. The minimum atomic E-state index is 0.119. The van der Waals surface area contributed by atoms with Gasteiger partial charge in [-0.2, -0.15) is 0 Å². The molecule has 1 aromatic carbocycles. The van der Waals surface area contributed by atoms with Crippen LogP contribution in [0.5, 0.6) is 0 Å². The first-order valence-corrected chi connectivity index (χ1v) is 6.95. The van der Waals surface area contributed by atoms with E-state index in [0.717, 1.165) is 4.47 Å². The van der Waals surface area contributed by atoms with Crippen LogP contribution in [0.15, 0.2) is 28.7 Å². The third-order valence-electron chi connectivity index (χ3n) is 3.10. The van der Waals surface area contributed by atoms with Crippen molar-refractivity contribution >= 4 is 21.8 Å². The van der Waals surface area contributed by atoms with Crippen LogP contribution >= 0.6 is 15.9 Å². The molecule has 0 spiro atoms. The van der Waals surface area contributed by atoms with E-state index in [1.54, 1.807) is 4.90 Å². The molecule has 0 saturated carbocycles. The highest BCUT2D eigenvalue weighted by molar-refractivity contribution is 9.10. The van der Waals surface area contributed by atoms with E-state index < -0.39 is 0 Å². The number of carbonyl (C=O) groups is 1. The second-order valence-corrected chi connectivity index (χ2v) is 5.67. The van der Waals surface area contributed by atoms with Crippen LogP contribution in [0.4, 0.5) is 0 Å². The first-order valence-electron chi connectivity index (χ1n) is 6.16. The third kappa shape index (κ3) is 4.42. The Balaban J connectivity index is 2.48. The monoisotopic (exact) mass is 312 g/mol. The second-order valence-electron chi connectivity index (χ2n) is 4.75. The highest BCUT2D eigenvalue weighted by Crippen LogP contribution is 2.16. The van der Waals surface area contributed by atoms with Crippen molar-refractivity contribution in [3.8, 4) is 0 Å². The number of nitrogens with one attached hydrogen (secondary N) is 1. The van der Waals surface area contributed by atoms with E-state index in [4.69, 9.17) is 0 Å². The van der Waals surface area contributed by atoms with Gasteiger partial charge < -0.3 is 10.2 Å². The molecule has 1 amide bonds. The molecule has 4 heteroatoms. The summed E-state index contributed by atoms with van der Waals surface area (Å²) in [5, 5.41) is 3.25. The number of halogens is 1. The van der Waals surface area contributed by atoms with Gasteiger partial charge in [0.25, 0.3) is 0 Å². The smallest absolute Gasteiger partial charge is 0.236 e. The average molecular weight is 313 g/mol. The Morgan fingerprint density at radius 3 is 2.33 bits per heavy atom. The zero-order chi connectivity index (χ0) is 13.7. The predicted molar refractivity (Wildman–Crippen MR) is 78.5 cm³/mol. The molecule has 3 nitrogen and oxygen atoms in total. The molecule has 0 fully saturated rings. The number of hydrogen-bond acceptors (Lipinski definition) is 2. The van der Waals surface area contributed by atoms with Gasteiger partial charge >= 0.3 is 0 Å². The van der Waals surface area contributed by atoms with Crippen LogP contribution in [0, 0.1) is 0 Å². The fourth-order valence-corrected chi connectivity index (χ4v) is 1.79. The van der Waals surface area contributed by atoms with Crippen molar-refractivity contribution < 1.29 is 4.79 Å². The molecule has 0 unspecified atom stereocenters. The maximum Gasteiger partial charge on any atom is 0.236 e. The highest BCUT2D eigenvalue weighted by atomic mass is 79.9. The number of rotatable bonds is 5. The predicted octanol–water partition coefficient (Wildman–Crippen LogP) is 2.97. The summed E-state index contributed by atoms with van der Waals surface area (Å²) in [5.41, 5.74) is 1.18. The summed E-state index contributed by atoms with van der Waals surface area (Å²) in [6.07, 6.45) is 0. The van der Waals surface area contributed by atoms with Crippen LogP contribution < -0.4 is 5.32 Å². The normalized spacial score (nSPS) is 12.6. The molecule has 0 aliphatic carbocycles. The first kappa shape index (κ1) is 15.2. The topological polar surface area (TPSA) is 32.3 Å². The molecule has 1 N–H and O–H groups in total. The Morgan fingerprint density at radius 1 is 1.28 bits per heavy atom. The molecule has 0 radical (unpaired) electrons. The van der Waals surface area contributed by atoms with Crippen molar-refractivity contribution in [2.24, 2.45) is 0 Å². The zero-order valence-corrected chi connectivity index (χ0v) is 13.0. The number of likely N-dealkylation sites (N-methyl/N-ethyl adjacent to an activating group) is 1. The minimum absolute atomic E-state index is 0.119. The van der Waals surface area contributed by atoms with Gasteiger partial charge in [0, 0.05) is 23.6 Å². The Morgan fingerprint density at radius 2 is 1.83 bits per heavy atom. The van der Waals surface area contributed by atoms with Crippen molar-refractivity contribution in [2.75, 3.05) is 13.6 Å². The molecule has 1 aromatic rings. The van der Waals surface area contributed by atoms with Crippen molar-refractivity contribution in [1.82, 2.24) is 10.2 Å². The van der Waals surface area contributed by atoms with E-state index in [0.29, 0.717) is 6.54 Å². The summed E-state index contributed by atoms with van der Waals surface area (Å²) in [5.74, 6) is 0.119. The van der Waals surface area contributed by atoms with Gasteiger partial charge in [0.15, 0.2) is 0 Å². The van der Waals surface area contributed by atoms with E-state index in [2.05, 4.69) is 40.3 Å². The molecule has 0 aliphatic rings. The van der Waals surface area contributed by atoms with Crippen LogP contribution in [0.25, 0.3) is 0 Å². The lowest BCUT2D eigenvalue weighted by Crippen LogP contribution is -2.40. The number of benzene rings is 1. The molecule has 1 atom stereocenters.